The molecule has 2 unspecified atom stereocenters. The predicted molar refractivity (Wildman–Crippen MR) is 130 cm³/mol. The standard InChI is InChI=1S/C29H32N2O2/c32-27(25(24-16-8-3-9-17-24)20-22-12-4-1-5-13-22)26-28(33)31(21-23-14-6-2-7-15-23)29(30-26)18-10-11-19-29/h1-9,12-17,25-27,30,32H,10-11,18-21H2/t25?,26?,27-/m1/s1. The molecule has 1 aliphatic heterocycles. The Hall–Kier alpha value is -2.95. The number of hydrogen-bond donors (Lipinski definition) is 2. The van der Waals surface area contributed by atoms with Gasteiger partial charge in [0.1, 0.15) is 6.04 Å². The Balaban J connectivity index is 1.45. The van der Waals surface area contributed by atoms with Gasteiger partial charge in [-0.25, -0.2) is 0 Å². The summed E-state index contributed by atoms with van der Waals surface area (Å²) in [4.78, 5) is 15.8. The summed E-state index contributed by atoms with van der Waals surface area (Å²) in [6, 6.07) is 29.9. The molecule has 4 heteroatoms. The monoisotopic (exact) mass is 440 g/mol. The number of aliphatic hydroxyl groups excluding tert-OH is 1. The molecule has 0 radical (unpaired) electrons. The molecule has 0 aromatic heterocycles. The smallest absolute Gasteiger partial charge is 0.244 e. The van der Waals surface area contributed by atoms with Crippen LogP contribution in [0.5, 0.6) is 0 Å². The van der Waals surface area contributed by atoms with E-state index in [4.69, 9.17) is 0 Å². The Kier molecular flexibility index (Phi) is 6.30. The maximum atomic E-state index is 13.8. The minimum Gasteiger partial charge on any atom is -0.390 e. The Morgan fingerprint density at radius 2 is 1.39 bits per heavy atom. The van der Waals surface area contributed by atoms with E-state index in [2.05, 4.69) is 41.7 Å². The number of benzene rings is 3. The van der Waals surface area contributed by atoms with Crippen molar-refractivity contribution in [3.05, 3.63) is 108 Å². The van der Waals surface area contributed by atoms with E-state index in [1.807, 2.05) is 59.5 Å². The molecule has 1 heterocycles. The van der Waals surface area contributed by atoms with Crippen molar-refractivity contribution in [1.82, 2.24) is 10.2 Å². The van der Waals surface area contributed by atoms with Gasteiger partial charge in [-0.1, -0.05) is 91.0 Å². The summed E-state index contributed by atoms with van der Waals surface area (Å²) in [6.45, 7) is 0.574. The molecule has 1 saturated carbocycles. The van der Waals surface area contributed by atoms with Gasteiger partial charge >= 0.3 is 0 Å². The number of carbonyl (C=O) groups excluding carboxylic acids is 1. The van der Waals surface area contributed by atoms with Gasteiger partial charge in [0.15, 0.2) is 0 Å². The van der Waals surface area contributed by atoms with Gasteiger partial charge in [0.25, 0.3) is 0 Å². The van der Waals surface area contributed by atoms with Gasteiger partial charge in [-0.05, 0) is 48.8 Å². The lowest BCUT2D eigenvalue weighted by Crippen LogP contribution is -2.51. The van der Waals surface area contributed by atoms with Crippen LogP contribution < -0.4 is 5.32 Å². The molecule has 3 aromatic rings. The first-order valence-corrected chi connectivity index (χ1v) is 12.1. The molecule has 1 saturated heterocycles. The Bertz CT molecular complexity index is 1050. The fraction of sp³-hybridized carbons (Fsp3) is 0.345. The fourth-order valence-electron chi connectivity index (χ4n) is 5.65. The van der Waals surface area contributed by atoms with Crippen LogP contribution >= 0.6 is 0 Å². The van der Waals surface area contributed by atoms with E-state index in [1.165, 1.54) is 0 Å². The number of hydrogen-bond acceptors (Lipinski definition) is 3. The highest BCUT2D eigenvalue weighted by Crippen LogP contribution is 2.40. The van der Waals surface area contributed by atoms with Crippen LogP contribution in [0.3, 0.4) is 0 Å². The summed E-state index contributed by atoms with van der Waals surface area (Å²) in [5.41, 5.74) is 2.99. The summed E-state index contributed by atoms with van der Waals surface area (Å²) in [7, 11) is 0. The highest BCUT2D eigenvalue weighted by Gasteiger charge is 2.54. The SMILES string of the molecule is O=C1C([C@H](O)C(Cc2ccccc2)c2ccccc2)NC2(CCCC2)N1Cc1ccccc1. The summed E-state index contributed by atoms with van der Waals surface area (Å²) < 4.78 is 0. The van der Waals surface area contributed by atoms with Crippen LogP contribution in [0.25, 0.3) is 0 Å². The van der Waals surface area contributed by atoms with E-state index in [0.717, 1.165) is 42.4 Å². The zero-order valence-corrected chi connectivity index (χ0v) is 18.9. The van der Waals surface area contributed by atoms with Crippen molar-refractivity contribution in [3.63, 3.8) is 0 Å². The van der Waals surface area contributed by atoms with Gasteiger partial charge in [0.05, 0.1) is 11.8 Å². The number of rotatable bonds is 7. The molecule has 3 atom stereocenters. The minimum atomic E-state index is -0.821. The zero-order valence-electron chi connectivity index (χ0n) is 18.9. The quantitative estimate of drug-likeness (QED) is 0.563. The average molecular weight is 441 g/mol. The largest absolute Gasteiger partial charge is 0.390 e. The third-order valence-electron chi connectivity index (χ3n) is 7.37. The van der Waals surface area contributed by atoms with Crippen molar-refractivity contribution < 1.29 is 9.90 Å². The van der Waals surface area contributed by atoms with E-state index in [9.17, 15) is 9.90 Å². The minimum absolute atomic E-state index is 0.0160. The topological polar surface area (TPSA) is 52.6 Å². The second-order valence-electron chi connectivity index (χ2n) is 9.47. The summed E-state index contributed by atoms with van der Waals surface area (Å²) in [5, 5.41) is 15.4. The first-order chi connectivity index (χ1) is 16.2. The Morgan fingerprint density at radius 3 is 2.00 bits per heavy atom. The van der Waals surface area contributed by atoms with Crippen LogP contribution in [0.15, 0.2) is 91.0 Å². The molecule has 0 bridgehead atoms. The van der Waals surface area contributed by atoms with Crippen LogP contribution in [0, 0.1) is 0 Å². The van der Waals surface area contributed by atoms with E-state index >= 15 is 0 Å². The van der Waals surface area contributed by atoms with Crippen molar-refractivity contribution in [2.24, 2.45) is 0 Å². The van der Waals surface area contributed by atoms with Crippen LogP contribution in [-0.2, 0) is 17.8 Å². The molecule has 5 rings (SSSR count). The molecule has 4 nitrogen and oxygen atoms in total. The lowest BCUT2D eigenvalue weighted by Gasteiger charge is -2.35. The fourth-order valence-corrected chi connectivity index (χ4v) is 5.65. The van der Waals surface area contributed by atoms with Crippen molar-refractivity contribution in [2.75, 3.05) is 0 Å². The molecule has 33 heavy (non-hydrogen) atoms. The molecule has 2 fully saturated rings. The van der Waals surface area contributed by atoms with Gasteiger partial charge in [0, 0.05) is 12.5 Å². The second kappa shape index (κ2) is 9.50. The molecule has 2 N–H and O–H groups in total. The van der Waals surface area contributed by atoms with Gasteiger partial charge < -0.3 is 10.0 Å². The first kappa shape index (κ1) is 21.9. The molecule has 2 aliphatic rings. The normalized spacial score (nSPS) is 21.4. The zero-order chi connectivity index (χ0) is 22.7. The third kappa shape index (κ3) is 4.46. The van der Waals surface area contributed by atoms with Gasteiger partial charge in [-0.15, -0.1) is 0 Å². The molecule has 3 aromatic carbocycles. The summed E-state index contributed by atoms with van der Waals surface area (Å²) >= 11 is 0. The highest BCUT2D eigenvalue weighted by molar-refractivity contribution is 5.86. The van der Waals surface area contributed by atoms with Gasteiger partial charge in [0.2, 0.25) is 5.91 Å². The number of nitrogens with zero attached hydrogens (tertiary/aromatic N) is 1. The van der Waals surface area contributed by atoms with Crippen molar-refractivity contribution in [1.29, 1.82) is 0 Å². The molecule has 170 valence electrons. The molecule has 1 spiro atoms. The number of amides is 1. The molecule has 1 amide bonds. The summed E-state index contributed by atoms with van der Waals surface area (Å²) in [5.74, 6) is -0.160. The van der Waals surface area contributed by atoms with E-state index < -0.39 is 12.1 Å². The van der Waals surface area contributed by atoms with Crippen molar-refractivity contribution in [2.45, 2.75) is 62.4 Å². The maximum Gasteiger partial charge on any atom is 0.244 e. The third-order valence-corrected chi connectivity index (χ3v) is 7.37. The first-order valence-electron chi connectivity index (χ1n) is 12.1. The van der Waals surface area contributed by atoms with Crippen molar-refractivity contribution >= 4 is 5.91 Å². The highest BCUT2D eigenvalue weighted by atomic mass is 16.3. The van der Waals surface area contributed by atoms with E-state index in [1.54, 1.807) is 0 Å². The van der Waals surface area contributed by atoms with Crippen LogP contribution in [-0.4, -0.2) is 33.7 Å². The van der Waals surface area contributed by atoms with Crippen LogP contribution in [0.1, 0.15) is 48.3 Å². The van der Waals surface area contributed by atoms with Crippen molar-refractivity contribution in [3.8, 4) is 0 Å². The second-order valence-corrected chi connectivity index (χ2v) is 9.47. The van der Waals surface area contributed by atoms with Crippen LogP contribution in [0.2, 0.25) is 0 Å². The Morgan fingerprint density at radius 1 is 0.848 bits per heavy atom. The summed E-state index contributed by atoms with van der Waals surface area (Å²) in [6.07, 6.45) is 3.93. The van der Waals surface area contributed by atoms with E-state index in [-0.39, 0.29) is 17.5 Å². The van der Waals surface area contributed by atoms with E-state index in [0.29, 0.717) is 13.0 Å². The average Bonchev–Trinajstić information content (AvgIpc) is 3.44. The number of carbonyl (C=O) groups is 1. The predicted octanol–water partition coefficient (Wildman–Crippen LogP) is 4.64. The molecular weight excluding hydrogens is 408 g/mol. The Labute approximate surface area is 196 Å². The number of aliphatic hydroxyl groups is 1. The lowest BCUT2D eigenvalue weighted by molar-refractivity contribution is -0.134. The molecule has 1 aliphatic carbocycles. The number of nitrogens with one attached hydrogen (secondary N) is 1. The van der Waals surface area contributed by atoms with Gasteiger partial charge in [-0.2, -0.15) is 0 Å². The molecular formula is C29H32N2O2. The van der Waals surface area contributed by atoms with Crippen LogP contribution in [0.4, 0.5) is 0 Å². The lowest BCUT2D eigenvalue weighted by atomic mass is 9.84. The van der Waals surface area contributed by atoms with Gasteiger partial charge in [-0.3, -0.25) is 10.1 Å². The maximum absolute atomic E-state index is 13.8.